The van der Waals surface area contributed by atoms with Crippen molar-refractivity contribution in [1.29, 1.82) is 0 Å². The van der Waals surface area contributed by atoms with Crippen LogP contribution < -0.4 is 10.6 Å². The summed E-state index contributed by atoms with van der Waals surface area (Å²) in [4.78, 5) is 34.2. The molecule has 2 fully saturated rings. The third kappa shape index (κ3) is 6.10. The molecule has 4 heterocycles. The highest BCUT2D eigenvalue weighted by molar-refractivity contribution is 5.83. The quantitative estimate of drug-likeness (QED) is 0.279. The number of nitrogens with zero attached hydrogens (tertiary/aromatic N) is 4. The normalized spacial score (nSPS) is 21.4. The minimum atomic E-state index is -0.810. The molecule has 0 unspecified atom stereocenters. The van der Waals surface area contributed by atoms with E-state index in [9.17, 15) is 9.18 Å². The molecule has 6 rings (SSSR count). The number of amides is 1. The number of aromatic amines is 1. The summed E-state index contributed by atoms with van der Waals surface area (Å²) in [5.74, 6) is 0.419. The van der Waals surface area contributed by atoms with Gasteiger partial charge in [-0.3, -0.25) is 9.78 Å². The first-order valence-electron chi connectivity index (χ1n) is 13.9. The van der Waals surface area contributed by atoms with E-state index >= 15 is 0 Å². The maximum Gasteiger partial charge on any atom is 0.230 e. The van der Waals surface area contributed by atoms with Crippen molar-refractivity contribution in [3.63, 3.8) is 0 Å². The van der Waals surface area contributed by atoms with Crippen molar-refractivity contribution in [2.75, 3.05) is 18.5 Å². The van der Waals surface area contributed by atoms with E-state index in [2.05, 4.69) is 30.6 Å². The van der Waals surface area contributed by atoms with Crippen molar-refractivity contribution in [1.82, 2.24) is 30.2 Å². The number of rotatable bonds is 7. The number of carbonyl (C=O) groups excluding carboxylic acids is 1. The maximum atomic E-state index is 13.7. The predicted molar refractivity (Wildman–Crippen MR) is 150 cm³/mol. The molecular weight excluding hydrogens is 525 g/mol. The van der Waals surface area contributed by atoms with Crippen LogP contribution in [0, 0.1) is 11.2 Å². The summed E-state index contributed by atoms with van der Waals surface area (Å²) in [6.45, 7) is 2.23. The number of carbonyl (C=O) groups is 1. The monoisotopic (exact) mass is 557 g/mol. The van der Waals surface area contributed by atoms with E-state index in [4.69, 9.17) is 14.5 Å². The van der Waals surface area contributed by atoms with Crippen LogP contribution >= 0.6 is 0 Å². The van der Waals surface area contributed by atoms with Gasteiger partial charge in [0.2, 0.25) is 18.1 Å². The van der Waals surface area contributed by atoms with Crippen molar-refractivity contribution < 1.29 is 18.7 Å². The van der Waals surface area contributed by atoms with Crippen LogP contribution in [0.1, 0.15) is 51.1 Å². The number of halogens is 1. The van der Waals surface area contributed by atoms with Gasteiger partial charge >= 0.3 is 0 Å². The number of hydrogen-bond acceptors (Lipinski definition) is 8. The van der Waals surface area contributed by atoms with Gasteiger partial charge in [-0.2, -0.15) is 0 Å². The topological polar surface area (TPSA) is 127 Å². The van der Waals surface area contributed by atoms with Crippen molar-refractivity contribution >= 4 is 17.5 Å². The number of anilines is 2. The molecule has 0 bridgehead atoms. The molecular formula is C30H32FN7O3. The third-order valence-corrected chi connectivity index (χ3v) is 7.51. The molecule has 0 radical (unpaired) electrons. The van der Waals surface area contributed by atoms with Gasteiger partial charge in [0.25, 0.3) is 0 Å². The largest absolute Gasteiger partial charge is 0.353 e. The minimum absolute atomic E-state index is 0.0507. The van der Waals surface area contributed by atoms with E-state index in [0.717, 1.165) is 31.4 Å². The average molecular weight is 558 g/mol. The number of benzene rings is 1. The fourth-order valence-electron chi connectivity index (χ4n) is 5.13. The van der Waals surface area contributed by atoms with Crippen LogP contribution in [0.4, 0.5) is 16.0 Å². The van der Waals surface area contributed by atoms with Gasteiger partial charge in [-0.15, -0.1) is 0 Å². The summed E-state index contributed by atoms with van der Waals surface area (Å²) in [6, 6.07) is 11.7. The van der Waals surface area contributed by atoms with E-state index in [1.807, 2.05) is 19.1 Å². The second-order valence-corrected chi connectivity index (χ2v) is 10.8. The van der Waals surface area contributed by atoms with Gasteiger partial charge in [-0.05, 0) is 62.2 Å². The van der Waals surface area contributed by atoms with Crippen LogP contribution in [0.2, 0.25) is 0 Å². The lowest BCUT2D eigenvalue weighted by Crippen LogP contribution is -2.51. The van der Waals surface area contributed by atoms with Gasteiger partial charge < -0.3 is 25.1 Å². The summed E-state index contributed by atoms with van der Waals surface area (Å²) >= 11 is 0. The molecule has 1 aliphatic heterocycles. The molecule has 41 heavy (non-hydrogen) atoms. The lowest BCUT2D eigenvalue weighted by Gasteiger charge is -2.37. The number of hydrogen-bond donors (Lipinski definition) is 3. The predicted octanol–water partition coefficient (Wildman–Crippen LogP) is 5.31. The molecule has 1 saturated heterocycles. The molecule has 1 aromatic carbocycles. The first kappa shape index (κ1) is 27.0. The van der Waals surface area contributed by atoms with Crippen LogP contribution in [0.25, 0.3) is 22.6 Å². The van der Waals surface area contributed by atoms with Crippen LogP contribution in [0.5, 0.6) is 0 Å². The van der Waals surface area contributed by atoms with Crippen LogP contribution in [0.3, 0.4) is 0 Å². The van der Waals surface area contributed by atoms with Crippen LogP contribution in [-0.2, 0) is 14.3 Å². The standard InChI is InChI=1S/C30H32FN7O3/c1-30(28(39)34-21-5-3-2-4-6-21)17-40-27(41-18-30)26-37-24(19-7-9-20(31)10-8-19)25(38-26)23-13-16-33-29(36-23)35-22-11-14-32-15-12-22/h7-16,21,27H,2-6,17-18H2,1H3,(H,34,39)(H,37,38)(H,32,33,35,36). The summed E-state index contributed by atoms with van der Waals surface area (Å²) in [5.41, 5.74) is 2.41. The molecule has 10 nitrogen and oxygen atoms in total. The molecule has 0 spiro atoms. The molecule has 1 saturated carbocycles. The summed E-state index contributed by atoms with van der Waals surface area (Å²) in [7, 11) is 0. The summed E-state index contributed by atoms with van der Waals surface area (Å²) < 4.78 is 25.9. The Balaban J connectivity index is 1.24. The molecule has 1 aliphatic carbocycles. The van der Waals surface area contributed by atoms with Gasteiger partial charge in [0, 0.05) is 35.9 Å². The van der Waals surface area contributed by atoms with Gasteiger partial charge in [0.05, 0.1) is 35.7 Å². The Morgan fingerprint density at radius 2 is 1.71 bits per heavy atom. The number of aromatic nitrogens is 5. The van der Waals surface area contributed by atoms with E-state index in [0.29, 0.717) is 34.4 Å². The lowest BCUT2D eigenvalue weighted by atomic mass is 9.89. The van der Waals surface area contributed by atoms with Gasteiger partial charge in [0.1, 0.15) is 5.82 Å². The molecule has 4 aromatic rings. The number of nitrogens with one attached hydrogen (secondary N) is 3. The number of H-pyrrole nitrogens is 1. The van der Waals surface area contributed by atoms with Gasteiger partial charge in [-0.25, -0.2) is 19.3 Å². The van der Waals surface area contributed by atoms with Crippen LogP contribution in [-0.4, -0.2) is 50.1 Å². The minimum Gasteiger partial charge on any atom is -0.353 e. The molecule has 2 aliphatic rings. The van der Waals surface area contributed by atoms with Gasteiger partial charge in [0.15, 0.2) is 5.82 Å². The molecule has 0 atom stereocenters. The molecule has 212 valence electrons. The zero-order valence-corrected chi connectivity index (χ0v) is 22.8. The Labute approximate surface area is 237 Å². The fourth-order valence-corrected chi connectivity index (χ4v) is 5.13. The Morgan fingerprint density at radius 1 is 0.976 bits per heavy atom. The second kappa shape index (κ2) is 11.7. The summed E-state index contributed by atoms with van der Waals surface area (Å²) in [6.07, 6.45) is 9.71. The van der Waals surface area contributed by atoms with Crippen molar-refractivity contribution in [3.05, 3.63) is 72.7 Å². The molecule has 3 aromatic heterocycles. The number of imidazole rings is 1. The number of ether oxygens (including phenoxy) is 2. The molecule has 3 N–H and O–H groups in total. The van der Waals surface area contributed by atoms with Crippen molar-refractivity contribution in [2.24, 2.45) is 5.41 Å². The Hall–Kier alpha value is -4.22. The zero-order valence-electron chi connectivity index (χ0n) is 22.8. The van der Waals surface area contributed by atoms with E-state index < -0.39 is 11.7 Å². The van der Waals surface area contributed by atoms with Crippen molar-refractivity contribution in [2.45, 2.75) is 51.4 Å². The Morgan fingerprint density at radius 3 is 2.44 bits per heavy atom. The van der Waals surface area contributed by atoms with E-state index in [-0.39, 0.29) is 31.0 Å². The fraction of sp³-hybridized carbons (Fsp3) is 0.367. The maximum absolute atomic E-state index is 13.7. The van der Waals surface area contributed by atoms with E-state index in [1.165, 1.54) is 18.6 Å². The third-order valence-electron chi connectivity index (χ3n) is 7.51. The zero-order chi connectivity index (χ0) is 28.2. The van der Waals surface area contributed by atoms with Crippen molar-refractivity contribution in [3.8, 4) is 22.6 Å². The second-order valence-electron chi connectivity index (χ2n) is 10.8. The number of pyridine rings is 1. The smallest absolute Gasteiger partial charge is 0.230 e. The summed E-state index contributed by atoms with van der Waals surface area (Å²) in [5, 5.41) is 6.36. The Bertz CT molecular complexity index is 1480. The lowest BCUT2D eigenvalue weighted by molar-refractivity contribution is -0.231. The highest BCUT2D eigenvalue weighted by atomic mass is 19.1. The van der Waals surface area contributed by atoms with Gasteiger partial charge in [-0.1, -0.05) is 19.3 Å². The molecule has 11 heteroatoms. The van der Waals surface area contributed by atoms with E-state index in [1.54, 1.807) is 36.8 Å². The molecule has 1 amide bonds. The highest BCUT2D eigenvalue weighted by Gasteiger charge is 2.41. The highest BCUT2D eigenvalue weighted by Crippen LogP contribution is 2.36. The first-order valence-corrected chi connectivity index (χ1v) is 13.9. The average Bonchev–Trinajstić information content (AvgIpc) is 3.45. The SMILES string of the molecule is CC1(C(=O)NC2CCCCC2)COC(c2nc(-c3ccc(F)cc3)c(-c3ccnc(Nc4ccncc4)n3)[nH]2)OC1. The Kier molecular flexibility index (Phi) is 7.71. The van der Waals surface area contributed by atoms with Crippen LogP contribution in [0.15, 0.2) is 61.1 Å². The first-order chi connectivity index (χ1) is 20.0.